The van der Waals surface area contributed by atoms with E-state index < -0.39 is 0 Å². The van der Waals surface area contributed by atoms with Gasteiger partial charge in [-0.15, -0.1) is 0 Å². The quantitative estimate of drug-likeness (QED) is 0.370. The van der Waals surface area contributed by atoms with Crippen LogP contribution in [-0.4, -0.2) is 9.38 Å². The molecule has 0 saturated carbocycles. The van der Waals surface area contributed by atoms with E-state index in [0.717, 1.165) is 17.8 Å². The largest absolute Gasteiger partial charge is 0.299 e. The van der Waals surface area contributed by atoms with Crippen LogP contribution in [0.2, 0.25) is 0 Å². The molecular formula is C24H20N2. The molecule has 2 aromatic heterocycles. The van der Waals surface area contributed by atoms with Gasteiger partial charge in [0, 0.05) is 23.4 Å². The van der Waals surface area contributed by atoms with Crippen molar-refractivity contribution in [1.29, 1.82) is 0 Å². The van der Waals surface area contributed by atoms with E-state index in [-0.39, 0.29) is 0 Å². The van der Waals surface area contributed by atoms with Crippen molar-refractivity contribution in [3.63, 3.8) is 0 Å². The fraction of sp³-hybridized carbons (Fsp3) is 0.125. The lowest BCUT2D eigenvalue weighted by atomic mass is 10.0. The third kappa shape index (κ3) is 2.30. The maximum atomic E-state index is 5.01. The fourth-order valence-electron chi connectivity index (χ4n) is 4.08. The van der Waals surface area contributed by atoms with Crippen molar-refractivity contribution in [2.24, 2.45) is 0 Å². The van der Waals surface area contributed by atoms with Crippen molar-refractivity contribution in [2.45, 2.75) is 20.3 Å². The Balaban J connectivity index is 1.86. The Kier molecular flexibility index (Phi) is 3.32. The lowest BCUT2D eigenvalue weighted by Crippen LogP contribution is -1.93. The Hall–Kier alpha value is -3.13. The maximum Gasteiger partial charge on any atom is 0.145 e. The Morgan fingerprint density at radius 2 is 1.54 bits per heavy atom. The van der Waals surface area contributed by atoms with Crippen LogP contribution in [0.5, 0.6) is 0 Å². The highest BCUT2D eigenvalue weighted by Crippen LogP contribution is 2.32. The summed E-state index contributed by atoms with van der Waals surface area (Å²) in [4.78, 5) is 5.01. The molecule has 0 atom stereocenters. The molecule has 0 radical (unpaired) electrons. The molecule has 3 aromatic carbocycles. The van der Waals surface area contributed by atoms with E-state index in [1.54, 1.807) is 0 Å². The third-order valence-electron chi connectivity index (χ3n) is 5.13. The van der Waals surface area contributed by atoms with Crippen LogP contribution in [-0.2, 0) is 6.42 Å². The highest BCUT2D eigenvalue weighted by Gasteiger charge is 2.13. The molecule has 2 heteroatoms. The highest BCUT2D eigenvalue weighted by molar-refractivity contribution is 6.12. The van der Waals surface area contributed by atoms with Crippen molar-refractivity contribution in [2.75, 3.05) is 0 Å². The summed E-state index contributed by atoms with van der Waals surface area (Å²) in [6.45, 7) is 4.36. The molecule has 2 nitrogen and oxygen atoms in total. The summed E-state index contributed by atoms with van der Waals surface area (Å²) in [6, 6.07) is 23.7. The fourth-order valence-corrected chi connectivity index (χ4v) is 4.08. The minimum absolute atomic E-state index is 0.850. The van der Waals surface area contributed by atoms with Gasteiger partial charge in [0.1, 0.15) is 5.65 Å². The normalized spacial score (nSPS) is 11.6. The second kappa shape index (κ2) is 5.70. The first-order chi connectivity index (χ1) is 12.7. The first-order valence-electron chi connectivity index (χ1n) is 9.04. The molecule has 0 aliphatic heterocycles. The summed E-state index contributed by atoms with van der Waals surface area (Å²) < 4.78 is 2.28. The summed E-state index contributed by atoms with van der Waals surface area (Å²) in [5.41, 5.74) is 7.29. The molecule has 126 valence electrons. The van der Waals surface area contributed by atoms with Crippen molar-refractivity contribution in [1.82, 2.24) is 9.38 Å². The van der Waals surface area contributed by atoms with E-state index >= 15 is 0 Å². The van der Waals surface area contributed by atoms with Crippen LogP contribution in [0.15, 0.2) is 72.9 Å². The molecule has 0 bridgehead atoms. The molecule has 0 aliphatic carbocycles. The average molecular weight is 336 g/mol. The standard InChI is InChI=1S/C24H20N2/c1-16-12-17(2)23-22(13-16)20-10-6-7-11-21(20)24-25-19(15-26(23)24)14-18-8-4-3-5-9-18/h3-13,15H,14H2,1-2H3. The summed E-state index contributed by atoms with van der Waals surface area (Å²) >= 11 is 0. The molecule has 5 aromatic rings. The minimum atomic E-state index is 0.850. The topological polar surface area (TPSA) is 17.3 Å². The molecule has 0 saturated heterocycles. The van der Waals surface area contributed by atoms with Crippen molar-refractivity contribution in [3.05, 3.63) is 95.3 Å². The van der Waals surface area contributed by atoms with Gasteiger partial charge in [0.05, 0.1) is 11.2 Å². The Labute approximate surface area is 152 Å². The molecule has 5 rings (SSSR count). The third-order valence-corrected chi connectivity index (χ3v) is 5.13. The van der Waals surface area contributed by atoms with Crippen LogP contribution in [0, 0.1) is 13.8 Å². The number of pyridine rings is 1. The van der Waals surface area contributed by atoms with Gasteiger partial charge in [-0.3, -0.25) is 4.40 Å². The molecule has 0 aliphatic rings. The molecule has 0 spiro atoms. The van der Waals surface area contributed by atoms with Crippen molar-refractivity contribution >= 4 is 27.3 Å². The number of hydrogen-bond acceptors (Lipinski definition) is 1. The van der Waals surface area contributed by atoms with Gasteiger partial charge in [0.15, 0.2) is 0 Å². The van der Waals surface area contributed by atoms with E-state index in [2.05, 4.69) is 91.2 Å². The number of imidazole rings is 1. The van der Waals surface area contributed by atoms with Gasteiger partial charge in [-0.05, 0) is 36.4 Å². The van der Waals surface area contributed by atoms with Crippen LogP contribution in [0.25, 0.3) is 27.3 Å². The second-order valence-corrected chi connectivity index (χ2v) is 7.11. The van der Waals surface area contributed by atoms with Gasteiger partial charge in [-0.1, -0.05) is 66.2 Å². The first kappa shape index (κ1) is 15.2. The van der Waals surface area contributed by atoms with Gasteiger partial charge < -0.3 is 0 Å². The highest BCUT2D eigenvalue weighted by atomic mass is 15.0. The number of aromatic nitrogens is 2. The number of hydrogen-bond donors (Lipinski definition) is 0. The van der Waals surface area contributed by atoms with Crippen LogP contribution in [0.4, 0.5) is 0 Å². The molecule has 0 amide bonds. The maximum absolute atomic E-state index is 5.01. The monoisotopic (exact) mass is 336 g/mol. The van der Waals surface area contributed by atoms with E-state index in [4.69, 9.17) is 4.98 Å². The van der Waals surface area contributed by atoms with Gasteiger partial charge in [0.2, 0.25) is 0 Å². The predicted octanol–water partition coefficient (Wildman–Crippen LogP) is 5.85. The molecule has 0 unspecified atom stereocenters. The zero-order valence-electron chi connectivity index (χ0n) is 15.0. The lowest BCUT2D eigenvalue weighted by molar-refractivity contribution is 1.12. The predicted molar refractivity (Wildman–Crippen MR) is 109 cm³/mol. The van der Waals surface area contributed by atoms with E-state index in [9.17, 15) is 0 Å². The number of nitrogens with zero attached hydrogens (tertiary/aromatic N) is 2. The van der Waals surface area contributed by atoms with Crippen LogP contribution < -0.4 is 0 Å². The Bertz CT molecular complexity index is 1260. The molecule has 2 heterocycles. The molecular weight excluding hydrogens is 316 g/mol. The summed E-state index contributed by atoms with van der Waals surface area (Å²) in [5.74, 6) is 0. The van der Waals surface area contributed by atoms with Crippen LogP contribution in [0.3, 0.4) is 0 Å². The Morgan fingerprint density at radius 1 is 0.808 bits per heavy atom. The van der Waals surface area contributed by atoms with E-state index in [0.29, 0.717) is 0 Å². The van der Waals surface area contributed by atoms with Gasteiger partial charge in [-0.25, -0.2) is 4.98 Å². The van der Waals surface area contributed by atoms with Crippen LogP contribution >= 0.6 is 0 Å². The number of rotatable bonds is 2. The summed E-state index contributed by atoms with van der Waals surface area (Å²) in [6.07, 6.45) is 3.06. The Morgan fingerprint density at radius 3 is 2.35 bits per heavy atom. The zero-order chi connectivity index (χ0) is 17.7. The number of aryl methyl sites for hydroxylation is 2. The van der Waals surface area contributed by atoms with E-state index in [1.807, 2.05) is 0 Å². The van der Waals surface area contributed by atoms with Crippen molar-refractivity contribution < 1.29 is 0 Å². The summed E-state index contributed by atoms with van der Waals surface area (Å²) in [7, 11) is 0. The molecule has 26 heavy (non-hydrogen) atoms. The lowest BCUT2D eigenvalue weighted by Gasteiger charge is -2.11. The first-order valence-corrected chi connectivity index (χ1v) is 9.04. The number of fused-ring (bicyclic) bond motifs is 6. The van der Waals surface area contributed by atoms with Crippen molar-refractivity contribution in [3.8, 4) is 0 Å². The SMILES string of the molecule is Cc1cc(C)c2c(c1)c1ccccc1c1nc(Cc3ccccc3)cn12. The minimum Gasteiger partial charge on any atom is -0.299 e. The zero-order valence-corrected chi connectivity index (χ0v) is 15.0. The second-order valence-electron chi connectivity index (χ2n) is 7.11. The van der Waals surface area contributed by atoms with Gasteiger partial charge in [-0.2, -0.15) is 0 Å². The van der Waals surface area contributed by atoms with E-state index in [1.165, 1.54) is 38.4 Å². The molecule has 0 N–H and O–H groups in total. The number of benzene rings is 3. The van der Waals surface area contributed by atoms with Crippen LogP contribution in [0.1, 0.15) is 22.4 Å². The molecule has 0 fully saturated rings. The smallest absolute Gasteiger partial charge is 0.145 e. The van der Waals surface area contributed by atoms with Gasteiger partial charge in [0.25, 0.3) is 0 Å². The average Bonchev–Trinajstić information content (AvgIpc) is 3.06. The van der Waals surface area contributed by atoms with Gasteiger partial charge >= 0.3 is 0 Å². The summed E-state index contributed by atoms with van der Waals surface area (Å²) in [5, 5.41) is 3.79.